The Morgan fingerprint density at radius 3 is 2.41 bits per heavy atom. The average molecular weight is 304 g/mol. The van der Waals surface area contributed by atoms with E-state index in [1.165, 1.54) is 0 Å². The molecule has 0 aromatic heterocycles. The molecule has 0 bridgehead atoms. The summed E-state index contributed by atoms with van der Waals surface area (Å²) in [5.41, 5.74) is 0.753. The van der Waals surface area contributed by atoms with Crippen LogP contribution in [0.2, 0.25) is 0 Å². The van der Waals surface area contributed by atoms with E-state index in [4.69, 9.17) is 4.74 Å². The van der Waals surface area contributed by atoms with Crippen molar-refractivity contribution in [3.8, 4) is 5.75 Å². The zero-order chi connectivity index (χ0) is 16.3. The van der Waals surface area contributed by atoms with Gasteiger partial charge in [0.1, 0.15) is 11.2 Å². The van der Waals surface area contributed by atoms with Crippen molar-refractivity contribution in [2.24, 2.45) is 5.41 Å². The predicted octanol–water partition coefficient (Wildman–Crippen LogP) is 2.59. The monoisotopic (exact) mass is 304 g/mol. The molecule has 1 N–H and O–H groups in total. The summed E-state index contributed by atoms with van der Waals surface area (Å²) in [7, 11) is 1.56. The van der Waals surface area contributed by atoms with Crippen LogP contribution in [0.15, 0.2) is 18.2 Å². The Morgan fingerprint density at radius 1 is 1.27 bits per heavy atom. The molecule has 22 heavy (non-hydrogen) atoms. The van der Waals surface area contributed by atoms with E-state index >= 15 is 0 Å². The summed E-state index contributed by atoms with van der Waals surface area (Å²) in [4.78, 5) is 26.9. The number of nitrogens with one attached hydrogen (secondary N) is 1. The van der Waals surface area contributed by atoms with Crippen molar-refractivity contribution in [3.05, 3.63) is 23.8 Å². The van der Waals surface area contributed by atoms with Crippen molar-refractivity contribution >= 4 is 17.5 Å². The molecule has 0 saturated heterocycles. The molecule has 5 heteroatoms. The summed E-state index contributed by atoms with van der Waals surface area (Å²) in [6, 6.07) is 5.59. The number of amides is 2. The Kier molecular flexibility index (Phi) is 4.74. The number of aryl methyl sites for hydroxylation is 1. The van der Waals surface area contributed by atoms with Gasteiger partial charge in [-0.1, -0.05) is 6.07 Å². The number of hydrogen-bond donors (Lipinski definition) is 1. The van der Waals surface area contributed by atoms with E-state index in [-0.39, 0.29) is 11.8 Å². The number of carbonyl (C=O) groups is 2. The molecule has 0 spiro atoms. The number of rotatable bonds is 6. The SMILES string of the molecule is CCN(CC)C(=O)C1(C(=O)Nc2cc(C)ccc2OC)CC1. The Balaban J connectivity index is 2.19. The van der Waals surface area contributed by atoms with E-state index in [0.29, 0.717) is 37.4 Å². The van der Waals surface area contributed by atoms with Crippen LogP contribution in [-0.2, 0) is 9.59 Å². The Hall–Kier alpha value is -2.04. The zero-order valence-corrected chi connectivity index (χ0v) is 13.7. The lowest BCUT2D eigenvalue weighted by molar-refractivity contribution is -0.141. The van der Waals surface area contributed by atoms with Crippen LogP contribution < -0.4 is 10.1 Å². The molecule has 0 atom stereocenters. The highest BCUT2D eigenvalue weighted by atomic mass is 16.5. The number of methoxy groups -OCH3 is 1. The zero-order valence-electron chi connectivity index (χ0n) is 13.7. The Morgan fingerprint density at radius 2 is 1.91 bits per heavy atom. The summed E-state index contributed by atoms with van der Waals surface area (Å²) in [5.74, 6) is 0.306. The molecule has 1 aliphatic rings. The molecule has 2 rings (SSSR count). The van der Waals surface area contributed by atoms with E-state index in [1.807, 2.05) is 39.0 Å². The second-order valence-corrected chi connectivity index (χ2v) is 5.72. The number of hydrogen-bond acceptors (Lipinski definition) is 3. The fourth-order valence-corrected chi connectivity index (χ4v) is 2.64. The fourth-order valence-electron chi connectivity index (χ4n) is 2.64. The molecular weight excluding hydrogens is 280 g/mol. The molecule has 0 unspecified atom stereocenters. The van der Waals surface area contributed by atoms with Crippen molar-refractivity contribution in [1.82, 2.24) is 4.90 Å². The number of anilines is 1. The summed E-state index contributed by atoms with van der Waals surface area (Å²) in [6.07, 6.45) is 1.23. The van der Waals surface area contributed by atoms with E-state index in [1.54, 1.807) is 12.0 Å². The van der Waals surface area contributed by atoms with Crippen molar-refractivity contribution in [2.45, 2.75) is 33.6 Å². The van der Waals surface area contributed by atoms with E-state index in [9.17, 15) is 9.59 Å². The van der Waals surface area contributed by atoms with Gasteiger partial charge in [0.05, 0.1) is 12.8 Å². The third-order valence-corrected chi connectivity index (χ3v) is 4.25. The summed E-state index contributed by atoms with van der Waals surface area (Å²) in [6.45, 7) is 7.05. The molecule has 1 aromatic rings. The van der Waals surface area contributed by atoms with Gasteiger partial charge in [-0.25, -0.2) is 0 Å². The van der Waals surface area contributed by atoms with Crippen LogP contribution in [0.5, 0.6) is 5.75 Å². The predicted molar refractivity (Wildman–Crippen MR) is 86.0 cm³/mol. The largest absolute Gasteiger partial charge is 0.495 e. The van der Waals surface area contributed by atoms with Gasteiger partial charge in [-0.15, -0.1) is 0 Å². The van der Waals surface area contributed by atoms with Crippen LogP contribution in [0.25, 0.3) is 0 Å². The van der Waals surface area contributed by atoms with Gasteiger partial charge < -0.3 is 15.0 Å². The van der Waals surface area contributed by atoms with Crippen LogP contribution in [0.3, 0.4) is 0 Å². The van der Waals surface area contributed by atoms with Crippen LogP contribution in [-0.4, -0.2) is 36.9 Å². The van der Waals surface area contributed by atoms with Crippen molar-refractivity contribution in [1.29, 1.82) is 0 Å². The molecule has 1 saturated carbocycles. The second-order valence-electron chi connectivity index (χ2n) is 5.72. The minimum atomic E-state index is -0.888. The summed E-state index contributed by atoms with van der Waals surface area (Å²) >= 11 is 0. The number of nitrogens with zero attached hydrogens (tertiary/aromatic N) is 1. The highest BCUT2D eigenvalue weighted by molar-refractivity contribution is 6.13. The second kappa shape index (κ2) is 6.38. The first-order valence-corrected chi connectivity index (χ1v) is 7.74. The van der Waals surface area contributed by atoms with Gasteiger partial charge in [0.2, 0.25) is 11.8 Å². The maximum Gasteiger partial charge on any atom is 0.240 e. The minimum Gasteiger partial charge on any atom is -0.495 e. The molecular formula is C17H24N2O3. The average Bonchev–Trinajstić information content (AvgIpc) is 3.30. The van der Waals surface area contributed by atoms with Gasteiger partial charge in [0.25, 0.3) is 0 Å². The van der Waals surface area contributed by atoms with Gasteiger partial charge in [-0.05, 0) is 51.3 Å². The maximum atomic E-state index is 12.6. The van der Waals surface area contributed by atoms with Gasteiger partial charge in [-0.3, -0.25) is 9.59 Å². The molecule has 1 aliphatic carbocycles. The van der Waals surface area contributed by atoms with Crippen LogP contribution in [0.1, 0.15) is 32.3 Å². The molecule has 1 aromatic carbocycles. The third kappa shape index (κ3) is 2.93. The number of ether oxygens (including phenoxy) is 1. The van der Waals surface area contributed by atoms with Crippen LogP contribution in [0.4, 0.5) is 5.69 Å². The van der Waals surface area contributed by atoms with Crippen LogP contribution >= 0.6 is 0 Å². The van der Waals surface area contributed by atoms with Crippen molar-refractivity contribution in [3.63, 3.8) is 0 Å². The van der Waals surface area contributed by atoms with Gasteiger partial charge in [-0.2, -0.15) is 0 Å². The molecule has 0 aliphatic heterocycles. The lowest BCUT2D eigenvalue weighted by Gasteiger charge is -2.24. The van der Waals surface area contributed by atoms with Crippen LogP contribution in [0, 0.1) is 12.3 Å². The molecule has 0 radical (unpaired) electrons. The van der Waals surface area contributed by atoms with Crippen molar-refractivity contribution in [2.75, 3.05) is 25.5 Å². The minimum absolute atomic E-state index is 0.0679. The third-order valence-electron chi connectivity index (χ3n) is 4.25. The number of carbonyl (C=O) groups excluding carboxylic acids is 2. The maximum absolute atomic E-state index is 12.6. The highest BCUT2D eigenvalue weighted by Gasteiger charge is 2.57. The van der Waals surface area contributed by atoms with Gasteiger partial charge in [0.15, 0.2) is 0 Å². The summed E-state index contributed by atoms with van der Waals surface area (Å²) < 4.78 is 5.27. The quantitative estimate of drug-likeness (QED) is 0.822. The molecule has 5 nitrogen and oxygen atoms in total. The van der Waals surface area contributed by atoms with E-state index in [2.05, 4.69) is 5.32 Å². The summed E-state index contributed by atoms with van der Waals surface area (Å²) in [5, 5.41) is 2.88. The fraction of sp³-hybridized carbons (Fsp3) is 0.529. The Bertz CT molecular complexity index is 575. The first-order valence-electron chi connectivity index (χ1n) is 7.74. The smallest absolute Gasteiger partial charge is 0.240 e. The molecule has 0 heterocycles. The first-order chi connectivity index (χ1) is 10.5. The lowest BCUT2D eigenvalue weighted by atomic mass is 10.0. The standard InChI is InChI=1S/C17H24N2O3/c1-5-19(6-2)16(21)17(9-10-17)15(20)18-13-11-12(3)7-8-14(13)22-4/h7-8,11H,5-6,9-10H2,1-4H3,(H,18,20). The van der Waals surface area contributed by atoms with Gasteiger partial charge >= 0.3 is 0 Å². The topological polar surface area (TPSA) is 58.6 Å². The van der Waals surface area contributed by atoms with E-state index < -0.39 is 5.41 Å². The Labute approximate surface area is 131 Å². The molecule has 1 fully saturated rings. The normalized spacial score (nSPS) is 15.1. The van der Waals surface area contributed by atoms with E-state index in [0.717, 1.165) is 5.56 Å². The highest BCUT2D eigenvalue weighted by Crippen LogP contribution is 2.48. The lowest BCUT2D eigenvalue weighted by Crippen LogP contribution is -2.42. The van der Waals surface area contributed by atoms with Gasteiger partial charge in [0, 0.05) is 13.1 Å². The molecule has 120 valence electrons. The van der Waals surface area contributed by atoms with Crippen molar-refractivity contribution < 1.29 is 14.3 Å². The first kappa shape index (κ1) is 16.3. The number of benzene rings is 1. The molecule has 2 amide bonds.